The fourth-order valence-electron chi connectivity index (χ4n) is 3.78. The molecule has 0 aromatic carbocycles. The lowest BCUT2D eigenvalue weighted by Crippen LogP contribution is -2.48. The number of amides is 1. The van der Waals surface area contributed by atoms with Crippen LogP contribution < -0.4 is 4.90 Å². The van der Waals surface area contributed by atoms with Crippen molar-refractivity contribution in [3.05, 3.63) is 24.0 Å². The van der Waals surface area contributed by atoms with E-state index in [0.29, 0.717) is 18.7 Å². The minimum absolute atomic E-state index is 0.00419. The quantitative estimate of drug-likeness (QED) is 0.755. The summed E-state index contributed by atoms with van der Waals surface area (Å²) < 4.78 is 23.5. The van der Waals surface area contributed by atoms with Gasteiger partial charge >= 0.3 is 0 Å². The van der Waals surface area contributed by atoms with Gasteiger partial charge in [0.25, 0.3) is 5.91 Å². The Balaban J connectivity index is 1.67. The molecule has 8 heteroatoms. The first-order valence-electron chi connectivity index (χ1n) is 9.38. The van der Waals surface area contributed by atoms with Gasteiger partial charge in [0.15, 0.2) is 9.84 Å². The molecule has 3 heterocycles. The molecule has 2 fully saturated rings. The molecule has 26 heavy (non-hydrogen) atoms. The molecular formula is C18H28N4O3S. The van der Waals surface area contributed by atoms with Crippen molar-refractivity contribution in [2.45, 2.75) is 26.3 Å². The van der Waals surface area contributed by atoms with Crippen molar-refractivity contribution in [2.75, 3.05) is 55.7 Å². The standard InChI is InChI=1S/C18H28N4O3S/c1-3-20-8-10-21(11-9-20)18(23)17-6-5-15(13-19-17)22(4-2)16-7-12-26(24,25)14-16/h5-6,13,16H,3-4,7-12,14H2,1-2H3. The summed E-state index contributed by atoms with van der Waals surface area (Å²) in [5.74, 6) is 0.421. The molecule has 1 unspecified atom stereocenters. The van der Waals surface area contributed by atoms with Gasteiger partial charge in [-0.3, -0.25) is 4.79 Å². The van der Waals surface area contributed by atoms with E-state index < -0.39 is 9.84 Å². The Kier molecular flexibility index (Phi) is 5.82. The Hall–Kier alpha value is -1.67. The molecule has 7 nitrogen and oxygen atoms in total. The van der Waals surface area contributed by atoms with Crippen LogP contribution in [0, 0.1) is 0 Å². The van der Waals surface area contributed by atoms with Crippen molar-refractivity contribution >= 4 is 21.4 Å². The van der Waals surface area contributed by atoms with Crippen LogP contribution in [0.15, 0.2) is 18.3 Å². The summed E-state index contributed by atoms with van der Waals surface area (Å²) in [5, 5.41) is 0. The van der Waals surface area contributed by atoms with Crippen molar-refractivity contribution < 1.29 is 13.2 Å². The number of piperazine rings is 1. The zero-order valence-corrected chi connectivity index (χ0v) is 16.4. The Bertz CT molecular complexity index is 727. The smallest absolute Gasteiger partial charge is 0.272 e. The van der Waals surface area contributed by atoms with Crippen LogP contribution in [0.4, 0.5) is 5.69 Å². The highest BCUT2D eigenvalue weighted by molar-refractivity contribution is 7.91. The maximum absolute atomic E-state index is 12.6. The van der Waals surface area contributed by atoms with Gasteiger partial charge in [0.05, 0.1) is 23.4 Å². The Labute approximate surface area is 155 Å². The number of carbonyl (C=O) groups excluding carboxylic acids is 1. The van der Waals surface area contributed by atoms with E-state index in [1.807, 2.05) is 17.9 Å². The zero-order valence-electron chi connectivity index (χ0n) is 15.6. The molecule has 0 aliphatic carbocycles. The molecule has 1 aromatic heterocycles. The van der Waals surface area contributed by atoms with Gasteiger partial charge in [0.1, 0.15) is 5.69 Å². The van der Waals surface area contributed by atoms with Gasteiger partial charge in [0.2, 0.25) is 0 Å². The van der Waals surface area contributed by atoms with E-state index in [0.717, 1.165) is 38.4 Å². The third-order valence-corrected chi connectivity index (χ3v) is 7.15. The predicted octanol–water partition coefficient (Wildman–Crippen LogP) is 0.873. The van der Waals surface area contributed by atoms with Crippen LogP contribution in [0.3, 0.4) is 0 Å². The molecular weight excluding hydrogens is 352 g/mol. The van der Waals surface area contributed by atoms with Crippen molar-refractivity contribution in [3.63, 3.8) is 0 Å². The maximum Gasteiger partial charge on any atom is 0.272 e. The van der Waals surface area contributed by atoms with E-state index in [1.54, 1.807) is 12.3 Å². The lowest BCUT2D eigenvalue weighted by Gasteiger charge is -2.34. The Morgan fingerprint density at radius 1 is 1.23 bits per heavy atom. The van der Waals surface area contributed by atoms with E-state index in [-0.39, 0.29) is 23.5 Å². The molecule has 2 aliphatic rings. The first-order chi connectivity index (χ1) is 12.4. The summed E-state index contributed by atoms with van der Waals surface area (Å²) in [6, 6.07) is 3.64. The van der Waals surface area contributed by atoms with Crippen molar-refractivity contribution in [1.29, 1.82) is 0 Å². The molecule has 0 saturated carbocycles. The van der Waals surface area contributed by atoms with Crippen LogP contribution in [-0.2, 0) is 9.84 Å². The topological polar surface area (TPSA) is 73.8 Å². The third-order valence-electron chi connectivity index (χ3n) is 5.40. The average molecular weight is 381 g/mol. The molecule has 2 saturated heterocycles. The van der Waals surface area contributed by atoms with E-state index in [2.05, 4.69) is 21.7 Å². The summed E-state index contributed by atoms with van der Waals surface area (Å²) in [6.07, 6.45) is 2.35. The minimum atomic E-state index is -2.93. The molecule has 1 atom stereocenters. The van der Waals surface area contributed by atoms with Gasteiger partial charge in [-0.2, -0.15) is 0 Å². The predicted molar refractivity (Wildman–Crippen MR) is 102 cm³/mol. The number of carbonyl (C=O) groups is 1. The monoisotopic (exact) mass is 380 g/mol. The second-order valence-corrected chi connectivity index (χ2v) is 9.20. The highest BCUT2D eigenvalue weighted by Crippen LogP contribution is 2.24. The van der Waals surface area contributed by atoms with Crippen LogP contribution in [-0.4, -0.2) is 85.9 Å². The summed E-state index contributed by atoms with van der Waals surface area (Å²) in [6.45, 7) is 9.14. The SMILES string of the molecule is CCN1CCN(C(=O)c2ccc(N(CC)C3CCS(=O)(=O)C3)cn2)CC1. The van der Waals surface area contributed by atoms with Crippen LogP contribution in [0.25, 0.3) is 0 Å². The lowest BCUT2D eigenvalue weighted by molar-refractivity contribution is 0.0637. The molecule has 1 aromatic rings. The minimum Gasteiger partial charge on any atom is -0.367 e. The van der Waals surface area contributed by atoms with Crippen LogP contribution in [0.1, 0.15) is 30.8 Å². The summed E-state index contributed by atoms with van der Waals surface area (Å²) in [7, 11) is -2.93. The van der Waals surface area contributed by atoms with E-state index in [9.17, 15) is 13.2 Å². The Morgan fingerprint density at radius 3 is 2.46 bits per heavy atom. The molecule has 144 valence electrons. The van der Waals surface area contributed by atoms with Crippen molar-refractivity contribution in [1.82, 2.24) is 14.8 Å². The van der Waals surface area contributed by atoms with Crippen molar-refractivity contribution in [2.24, 2.45) is 0 Å². The summed E-state index contributed by atoms with van der Waals surface area (Å²) in [4.78, 5) is 23.3. The maximum atomic E-state index is 12.6. The van der Waals surface area contributed by atoms with Gasteiger partial charge in [-0.1, -0.05) is 6.92 Å². The number of aromatic nitrogens is 1. The number of hydrogen-bond donors (Lipinski definition) is 0. The first kappa shape index (κ1) is 19.1. The van der Waals surface area contributed by atoms with E-state index in [1.165, 1.54) is 0 Å². The van der Waals surface area contributed by atoms with Gasteiger partial charge in [-0.05, 0) is 32.0 Å². The number of pyridine rings is 1. The molecule has 0 spiro atoms. The van der Waals surface area contributed by atoms with Gasteiger partial charge in [-0.15, -0.1) is 0 Å². The van der Waals surface area contributed by atoms with E-state index in [4.69, 9.17) is 0 Å². The van der Waals surface area contributed by atoms with E-state index >= 15 is 0 Å². The second kappa shape index (κ2) is 7.92. The number of nitrogens with zero attached hydrogens (tertiary/aromatic N) is 4. The highest BCUT2D eigenvalue weighted by Gasteiger charge is 2.32. The highest BCUT2D eigenvalue weighted by atomic mass is 32.2. The lowest BCUT2D eigenvalue weighted by atomic mass is 10.2. The van der Waals surface area contributed by atoms with Gasteiger partial charge in [-0.25, -0.2) is 13.4 Å². The molecule has 3 rings (SSSR count). The number of likely N-dealkylation sites (N-methyl/N-ethyl adjacent to an activating group) is 1. The fraction of sp³-hybridized carbons (Fsp3) is 0.667. The molecule has 0 N–H and O–H groups in total. The van der Waals surface area contributed by atoms with Gasteiger partial charge in [0, 0.05) is 38.8 Å². The van der Waals surface area contributed by atoms with Crippen LogP contribution in [0.5, 0.6) is 0 Å². The molecule has 0 radical (unpaired) electrons. The molecule has 1 amide bonds. The Morgan fingerprint density at radius 2 is 1.96 bits per heavy atom. The fourth-order valence-corrected chi connectivity index (χ4v) is 5.52. The second-order valence-electron chi connectivity index (χ2n) is 6.97. The number of anilines is 1. The number of hydrogen-bond acceptors (Lipinski definition) is 6. The largest absolute Gasteiger partial charge is 0.367 e. The third kappa shape index (κ3) is 4.17. The number of sulfone groups is 1. The normalized spacial score (nSPS) is 23.2. The molecule has 0 bridgehead atoms. The van der Waals surface area contributed by atoms with Gasteiger partial charge < -0.3 is 14.7 Å². The number of rotatable bonds is 5. The average Bonchev–Trinajstić information content (AvgIpc) is 3.02. The van der Waals surface area contributed by atoms with Crippen molar-refractivity contribution in [3.8, 4) is 0 Å². The zero-order chi connectivity index (χ0) is 18.7. The van der Waals surface area contributed by atoms with Crippen LogP contribution in [0.2, 0.25) is 0 Å². The van der Waals surface area contributed by atoms with Crippen LogP contribution >= 0.6 is 0 Å². The molecule has 2 aliphatic heterocycles. The summed E-state index contributed by atoms with van der Waals surface area (Å²) >= 11 is 0. The first-order valence-corrected chi connectivity index (χ1v) is 11.2. The summed E-state index contributed by atoms with van der Waals surface area (Å²) in [5.41, 5.74) is 1.33.